The molecule has 6 heteroatoms. The number of rotatable bonds is 5. The molecule has 0 aliphatic carbocycles. The van der Waals surface area contributed by atoms with Gasteiger partial charge in [0, 0.05) is 36.3 Å². The van der Waals surface area contributed by atoms with Crippen molar-refractivity contribution in [3.05, 3.63) is 52.9 Å². The molecule has 1 aromatic heterocycles. The summed E-state index contributed by atoms with van der Waals surface area (Å²) >= 11 is 3.42. The minimum atomic E-state index is -0.144. The standard InChI is InChI=1S/C18H22BrN3O2/c1-14(18(23)20-16-5-2-4-15(19)12-16)22-9-7-21(8-10-22)13-17-6-3-11-24-17/h2-6,11-12,14H,7-10,13H2,1H3,(H,20,23)/t14-/m1/s1. The Morgan fingerprint density at radius 1 is 1.25 bits per heavy atom. The second kappa shape index (κ2) is 7.96. The van der Waals surface area contributed by atoms with Gasteiger partial charge >= 0.3 is 0 Å². The number of anilines is 1. The van der Waals surface area contributed by atoms with Crippen molar-refractivity contribution in [2.75, 3.05) is 31.5 Å². The van der Waals surface area contributed by atoms with Crippen LogP contribution in [0.25, 0.3) is 0 Å². The van der Waals surface area contributed by atoms with E-state index in [0.29, 0.717) is 0 Å². The van der Waals surface area contributed by atoms with E-state index in [9.17, 15) is 4.79 Å². The predicted molar refractivity (Wildman–Crippen MR) is 97.8 cm³/mol. The molecule has 1 aromatic carbocycles. The molecule has 1 aliphatic rings. The van der Waals surface area contributed by atoms with Crippen LogP contribution >= 0.6 is 15.9 Å². The topological polar surface area (TPSA) is 48.7 Å². The lowest BCUT2D eigenvalue weighted by atomic mass is 10.2. The lowest BCUT2D eigenvalue weighted by molar-refractivity contribution is -0.121. The number of benzene rings is 1. The van der Waals surface area contributed by atoms with Gasteiger partial charge in [-0.15, -0.1) is 0 Å². The Hall–Kier alpha value is -1.63. The Kier molecular flexibility index (Phi) is 5.71. The molecule has 0 unspecified atom stereocenters. The highest BCUT2D eigenvalue weighted by Gasteiger charge is 2.25. The summed E-state index contributed by atoms with van der Waals surface area (Å²) in [4.78, 5) is 17.0. The predicted octanol–water partition coefficient (Wildman–Crippen LogP) is 3.19. The number of amides is 1. The zero-order valence-electron chi connectivity index (χ0n) is 13.7. The molecular formula is C18H22BrN3O2. The molecule has 1 fully saturated rings. The van der Waals surface area contributed by atoms with Crippen molar-refractivity contribution in [1.82, 2.24) is 9.80 Å². The maximum atomic E-state index is 12.5. The van der Waals surface area contributed by atoms with E-state index in [4.69, 9.17) is 4.42 Å². The van der Waals surface area contributed by atoms with Crippen LogP contribution in [0.2, 0.25) is 0 Å². The maximum Gasteiger partial charge on any atom is 0.241 e. The van der Waals surface area contributed by atoms with Gasteiger partial charge in [0.2, 0.25) is 5.91 Å². The fraction of sp³-hybridized carbons (Fsp3) is 0.389. The van der Waals surface area contributed by atoms with Crippen molar-refractivity contribution in [3.63, 3.8) is 0 Å². The van der Waals surface area contributed by atoms with E-state index < -0.39 is 0 Å². The summed E-state index contributed by atoms with van der Waals surface area (Å²) in [6.07, 6.45) is 1.71. The van der Waals surface area contributed by atoms with Crippen LogP contribution in [-0.4, -0.2) is 47.9 Å². The number of nitrogens with zero attached hydrogens (tertiary/aromatic N) is 2. The normalized spacial score (nSPS) is 17.6. The van der Waals surface area contributed by atoms with E-state index in [0.717, 1.165) is 48.6 Å². The minimum Gasteiger partial charge on any atom is -0.468 e. The summed E-state index contributed by atoms with van der Waals surface area (Å²) < 4.78 is 6.36. The molecule has 2 heterocycles. The molecular weight excluding hydrogens is 370 g/mol. The quantitative estimate of drug-likeness (QED) is 0.849. The zero-order valence-corrected chi connectivity index (χ0v) is 15.3. The summed E-state index contributed by atoms with van der Waals surface area (Å²) in [5.41, 5.74) is 0.817. The van der Waals surface area contributed by atoms with E-state index in [1.165, 1.54) is 0 Å². The van der Waals surface area contributed by atoms with Crippen molar-refractivity contribution >= 4 is 27.5 Å². The molecule has 3 rings (SSSR count). The lowest BCUT2D eigenvalue weighted by Crippen LogP contribution is -2.52. The van der Waals surface area contributed by atoms with Crippen molar-refractivity contribution in [3.8, 4) is 0 Å². The van der Waals surface area contributed by atoms with Gasteiger partial charge in [0.15, 0.2) is 0 Å². The molecule has 128 valence electrons. The van der Waals surface area contributed by atoms with Gasteiger partial charge in [0.25, 0.3) is 0 Å². The second-order valence-electron chi connectivity index (χ2n) is 6.07. The molecule has 1 amide bonds. The van der Waals surface area contributed by atoms with Gasteiger partial charge in [-0.2, -0.15) is 0 Å². The summed E-state index contributed by atoms with van der Waals surface area (Å²) in [5, 5.41) is 2.99. The lowest BCUT2D eigenvalue weighted by Gasteiger charge is -2.37. The van der Waals surface area contributed by atoms with Gasteiger partial charge in [-0.3, -0.25) is 14.6 Å². The third-order valence-corrected chi connectivity index (χ3v) is 4.88. The third-order valence-electron chi connectivity index (χ3n) is 4.39. The number of nitrogens with one attached hydrogen (secondary N) is 1. The molecule has 1 atom stereocenters. The Morgan fingerprint density at radius 2 is 2.04 bits per heavy atom. The summed E-state index contributed by atoms with van der Waals surface area (Å²) in [6, 6.07) is 11.4. The first-order chi connectivity index (χ1) is 11.6. The van der Waals surface area contributed by atoms with Crippen LogP contribution in [0.1, 0.15) is 12.7 Å². The number of hydrogen-bond acceptors (Lipinski definition) is 4. The van der Waals surface area contributed by atoms with Gasteiger partial charge in [-0.1, -0.05) is 22.0 Å². The number of piperazine rings is 1. The van der Waals surface area contributed by atoms with Crippen molar-refractivity contribution < 1.29 is 9.21 Å². The third kappa shape index (κ3) is 4.47. The highest BCUT2D eigenvalue weighted by atomic mass is 79.9. The second-order valence-corrected chi connectivity index (χ2v) is 6.98. The van der Waals surface area contributed by atoms with Gasteiger partial charge in [-0.25, -0.2) is 0 Å². The van der Waals surface area contributed by atoms with E-state index in [2.05, 4.69) is 31.0 Å². The minimum absolute atomic E-state index is 0.0348. The number of carbonyl (C=O) groups is 1. The largest absolute Gasteiger partial charge is 0.468 e. The van der Waals surface area contributed by atoms with Crippen LogP contribution in [0.15, 0.2) is 51.6 Å². The molecule has 2 aromatic rings. The van der Waals surface area contributed by atoms with Crippen LogP contribution in [0.4, 0.5) is 5.69 Å². The molecule has 5 nitrogen and oxygen atoms in total. The smallest absolute Gasteiger partial charge is 0.241 e. The number of hydrogen-bond donors (Lipinski definition) is 1. The van der Waals surface area contributed by atoms with E-state index in [1.807, 2.05) is 43.3 Å². The first kappa shape index (κ1) is 17.2. The highest BCUT2D eigenvalue weighted by molar-refractivity contribution is 9.10. The molecule has 0 bridgehead atoms. The molecule has 1 N–H and O–H groups in total. The van der Waals surface area contributed by atoms with Gasteiger partial charge in [0.05, 0.1) is 18.8 Å². The fourth-order valence-electron chi connectivity index (χ4n) is 2.91. The first-order valence-electron chi connectivity index (χ1n) is 8.17. The molecule has 1 aliphatic heterocycles. The van der Waals surface area contributed by atoms with Gasteiger partial charge < -0.3 is 9.73 Å². The van der Waals surface area contributed by atoms with Crippen molar-refractivity contribution in [2.24, 2.45) is 0 Å². The van der Waals surface area contributed by atoms with E-state index in [-0.39, 0.29) is 11.9 Å². The summed E-state index contributed by atoms with van der Waals surface area (Å²) in [5.74, 6) is 1.02. The molecule has 24 heavy (non-hydrogen) atoms. The Bertz CT molecular complexity index is 667. The highest BCUT2D eigenvalue weighted by Crippen LogP contribution is 2.17. The zero-order chi connectivity index (χ0) is 16.9. The van der Waals surface area contributed by atoms with Crippen LogP contribution in [0.3, 0.4) is 0 Å². The van der Waals surface area contributed by atoms with E-state index in [1.54, 1.807) is 6.26 Å². The Labute approximate surface area is 150 Å². The van der Waals surface area contributed by atoms with Crippen molar-refractivity contribution in [2.45, 2.75) is 19.5 Å². The number of halogens is 1. The number of carbonyl (C=O) groups excluding carboxylic acids is 1. The molecule has 0 radical (unpaired) electrons. The molecule has 1 saturated heterocycles. The van der Waals surface area contributed by atoms with Crippen LogP contribution in [-0.2, 0) is 11.3 Å². The van der Waals surface area contributed by atoms with Crippen LogP contribution in [0, 0.1) is 0 Å². The number of furan rings is 1. The first-order valence-corrected chi connectivity index (χ1v) is 8.96. The van der Waals surface area contributed by atoms with Crippen LogP contribution in [0.5, 0.6) is 0 Å². The Morgan fingerprint density at radius 3 is 2.71 bits per heavy atom. The fourth-order valence-corrected chi connectivity index (χ4v) is 3.31. The Balaban J connectivity index is 1.49. The summed E-state index contributed by atoms with van der Waals surface area (Å²) in [7, 11) is 0. The maximum absolute atomic E-state index is 12.5. The average molecular weight is 392 g/mol. The molecule has 0 saturated carbocycles. The van der Waals surface area contributed by atoms with Gasteiger partial charge in [-0.05, 0) is 37.3 Å². The van der Waals surface area contributed by atoms with Gasteiger partial charge in [0.1, 0.15) is 5.76 Å². The summed E-state index contributed by atoms with van der Waals surface area (Å²) in [6.45, 7) is 6.45. The molecule has 0 spiro atoms. The SMILES string of the molecule is C[C@H](C(=O)Nc1cccc(Br)c1)N1CCN(Cc2ccco2)CC1. The average Bonchev–Trinajstić information content (AvgIpc) is 3.08. The van der Waals surface area contributed by atoms with E-state index >= 15 is 0 Å². The van der Waals surface area contributed by atoms with Crippen molar-refractivity contribution in [1.29, 1.82) is 0 Å². The van der Waals surface area contributed by atoms with Crippen LogP contribution < -0.4 is 5.32 Å². The monoisotopic (exact) mass is 391 g/mol.